The van der Waals surface area contributed by atoms with Crippen molar-refractivity contribution in [2.24, 2.45) is 0 Å². The number of rotatable bonds is 7. The number of benzene rings is 2. The second kappa shape index (κ2) is 9.27. The van der Waals surface area contributed by atoms with Gasteiger partial charge in [-0.15, -0.1) is 0 Å². The molecule has 2 aromatic carbocycles. The van der Waals surface area contributed by atoms with Crippen LogP contribution in [0.5, 0.6) is 5.75 Å². The summed E-state index contributed by atoms with van der Waals surface area (Å²) >= 11 is 3.50. The highest BCUT2D eigenvalue weighted by atomic mass is 79.9. The first-order chi connectivity index (χ1) is 13.4. The van der Waals surface area contributed by atoms with Crippen LogP contribution in [0.15, 0.2) is 47.4 Å². The van der Waals surface area contributed by atoms with Crippen molar-refractivity contribution >= 4 is 36.9 Å². The Labute approximate surface area is 176 Å². The number of hydrogen-bond acceptors (Lipinski definition) is 3. The fourth-order valence-electron chi connectivity index (χ4n) is 3.97. The molecular weight excluding hydrogens is 436 g/mol. The van der Waals surface area contributed by atoms with Crippen LogP contribution in [-0.4, -0.2) is 25.1 Å². The van der Waals surface area contributed by atoms with Crippen LogP contribution in [-0.2, 0) is 16.3 Å². The largest absolute Gasteiger partial charge is 0.507 e. The molecule has 0 saturated heterocycles. The van der Waals surface area contributed by atoms with Gasteiger partial charge < -0.3 is 5.11 Å². The van der Waals surface area contributed by atoms with E-state index in [1.807, 2.05) is 18.2 Å². The molecular formula is C23H27BrO3S. The number of aromatic hydroxyl groups is 1. The Hall–Kier alpha value is -1.59. The van der Waals surface area contributed by atoms with Crippen molar-refractivity contribution in [1.29, 1.82) is 0 Å². The summed E-state index contributed by atoms with van der Waals surface area (Å²) in [5.41, 5.74) is 5.70. The molecule has 0 fully saturated rings. The number of phenols is 1. The van der Waals surface area contributed by atoms with E-state index in [-0.39, 0.29) is 0 Å². The van der Waals surface area contributed by atoms with Gasteiger partial charge >= 0.3 is 0 Å². The summed E-state index contributed by atoms with van der Waals surface area (Å²) in [4.78, 5) is 0.340. The van der Waals surface area contributed by atoms with Gasteiger partial charge in [-0.3, -0.25) is 0 Å². The van der Waals surface area contributed by atoms with Gasteiger partial charge in [0, 0.05) is 17.1 Å². The average Bonchev–Trinajstić information content (AvgIpc) is 2.85. The topological polar surface area (TPSA) is 54.4 Å². The number of alkyl halides is 1. The highest BCUT2D eigenvalue weighted by molar-refractivity contribution is 9.09. The van der Waals surface area contributed by atoms with Crippen LogP contribution in [0.25, 0.3) is 11.1 Å². The Bertz CT molecular complexity index is 960. The van der Waals surface area contributed by atoms with Crippen molar-refractivity contribution in [3.05, 3.63) is 59.2 Å². The van der Waals surface area contributed by atoms with Crippen molar-refractivity contribution < 1.29 is 13.5 Å². The highest BCUT2D eigenvalue weighted by Gasteiger charge is 2.21. The molecule has 150 valence electrons. The molecule has 0 heterocycles. The third-order valence-electron chi connectivity index (χ3n) is 5.36. The summed E-state index contributed by atoms with van der Waals surface area (Å²) < 4.78 is 23.6. The molecule has 1 N–H and O–H groups in total. The predicted octanol–water partition coefficient (Wildman–Crippen LogP) is 6.00. The fourth-order valence-corrected chi connectivity index (χ4v) is 5.00. The maximum atomic E-state index is 11.8. The molecule has 0 radical (unpaired) electrons. The minimum Gasteiger partial charge on any atom is -0.507 e. The number of allylic oxidation sites excluding steroid dienone is 2. The Morgan fingerprint density at radius 1 is 1.00 bits per heavy atom. The van der Waals surface area contributed by atoms with Crippen LogP contribution in [0, 0.1) is 0 Å². The quantitative estimate of drug-likeness (QED) is 0.405. The van der Waals surface area contributed by atoms with Crippen molar-refractivity contribution in [2.45, 2.75) is 49.8 Å². The molecule has 28 heavy (non-hydrogen) atoms. The maximum Gasteiger partial charge on any atom is 0.175 e. The first kappa shape index (κ1) is 21.1. The second-order valence-corrected chi connectivity index (χ2v) is 10.2. The smallest absolute Gasteiger partial charge is 0.175 e. The molecule has 3 nitrogen and oxygen atoms in total. The lowest BCUT2D eigenvalue weighted by molar-refractivity contribution is 0.472. The number of halogens is 1. The normalized spacial score (nSPS) is 14.6. The van der Waals surface area contributed by atoms with E-state index < -0.39 is 9.84 Å². The van der Waals surface area contributed by atoms with Crippen molar-refractivity contribution in [1.82, 2.24) is 0 Å². The zero-order valence-corrected chi connectivity index (χ0v) is 18.7. The number of sulfone groups is 1. The maximum absolute atomic E-state index is 11.8. The molecule has 1 aliphatic carbocycles. The van der Waals surface area contributed by atoms with Crippen molar-refractivity contribution in [2.75, 3.05) is 11.6 Å². The summed E-state index contributed by atoms with van der Waals surface area (Å²) in [6, 6.07) is 13.0. The van der Waals surface area contributed by atoms with Gasteiger partial charge in [-0.05, 0) is 79.0 Å². The second-order valence-electron chi connectivity index (χ2n) is 7.42. The minimum absolute atomic E-state index is 0.340. The van der Waals surface area contributed by atoms with Crippen LogP contribution >= 0.6 is 15.9 Å². The molecule has 0 aliphatic heterocycles. The molecule has 2 aromatic rings. The molecule has 0 atom stereocenters. The molecule has 0 spiro atoms. The molecule has 0 bridgehead atoms. The van der Waals surface area contributed by atoms with E-state index in [4.69, 9.17) is 0 Å². The summed E-state index contributed by atoms with van der Waals surface area (Å²) in [6.45, 7) is 0. The third-order valence-corrected chi connectivity index (χ3v) is 7.05. The van der Waals surface area contributed by atoms with Crippen LogP contribution in [0.3, 0.4) is 0 Å². The molecule has 0 saturated carbocycles. The van der Waals surface area contributed by atoms with Crippen LogP contribution in [0.4, 0.5) is 0 Å². The van der Waals surface area contributed by atoms with E-state index in [1.54, 1.807) is 18.2 Å². The zero-order valence-electron chi connectivity index (χ0n) is 16.2. The van der Waals surface area contributed by atoms with E-state index in [9.17, 15) is 13.5 Å². The molecule has 5 heteroatoms. The number of hydrogen-bond donors (Lipinski definition) is 1. The monoisotopic (exact) mass is 462 g/mol. The zero-order chi connectivity index (χ0) is 20.1. The van der Waals surface area contributed by atoms with Crippen LogP contribution in [0.2, 0.25) is 0 Å². The van der Waals surface area contributed by atoms with Gasteiger partial charge in [0.25, 0.3) is 0 Å². The third kappa shape index (κ3) is 4.87. The van der Waals surface area contributed by atoms with E-state index in [0.29, 0.717) is 10.6 Å². The first-order valence-corrected chi connectivity index (χ1v) is 12.8. The van der Waals surface area contributed by atoms with Crippen molar-refractivity contribution in [3.63, 3.8) is 0 Å². The summed E-state index contributed by atoms with van der Waals surface area (Å²) in [5, 5.41) is 11.7. The molecule has 0 aromatic heterocycles. The van der Waals surface area contributed by atoms with Gasteiger partial charge in [-0.25, -0.2) is 8.42 Å². The number of aryl methyl sites for hydroxylation is 1. The van der Waals surface area contributed by atoms with Gasteiger partial charge in [0.1, 0.15) is 5.75 Å². The lowest BCUT2D eigenvalue weighted by Gasteiger charge is -2.17. The highest BCUT2D eigenvalue weighted by Crippen LogP contribution is 2.42. The Kier molecular flexibility index (Phi) is 7.00. The van der Waals surface area contributed by atoms with Crippen LogP contribution in [0.1, 0.15) is 55.2 Å². The Morgan fingerprint density at radius 2 is 1.75 bits per heavy atom. The first-order valence-electron chi connectivity index (χ1n) is 9.81. The van der Waals surface area contributed by atoms with Crippen LogP contribution < -0.4 is 0 Å². The van der Waals surface area contributed by atoms with E-state index in [1.165, 1.54) is 23.0 Å². The van der Waals surface area contributed by atoms with E-state index in [0.717, 1.165) is 61.4 Å². The van der Waals surface area contributed by atoms with Crippen molar-refractivity contribution in [3.8, 4) is 5.75 Å². The predicted molar refractivity (Wildman–Crippen MR) is 120 cm³/mol. The fraction of sp³-hybridized carbons (Fsp3) is 0.391. The molecule has 1 aliphatic rings. The van der Waals surface area contributed by atoms with Gasteiger partial charge in [-0.1, -0.05) is 46.6 Å². The Morgan fingerprint density at radius 3 is 2.43 bits per heavy atom. The summed E-state index contributed by atoms with van der Waals surface area (Å²) in [6.07, 6.45) is 8.39. The minimum atomic E-state index is -3.21. The number of phenolic OH excluding ortho intramolecular Hbond substituents is 1. The lowest BCUT2D eigenvalue weighted by atomic mass is 9.88. The molecule has 3 rings (SSSR count). The van der Waals surface area contributed by atoms with E-state index >= 15 is 0 Å². The average molecular weight is 463 g/mol. The van der Waals surface area contributed by atoms with E-state index in [2.05, 4.69) is 22.0 Å². The van der Waals surface area contributed by atoms with Gasteiger partial charge in [0.2, 0.25) is 0 Å². The lowest BCUT2D eigenvalue weighted by Crippen LogP contribution is -1.98. The summed E-state index contributed by atoms with van der Waals surface area (Å²) in [7, 11) is -3.21. The van der Waals surface area contributed by atoms with Gasteiger partial charge in [-0.2, -0.15) is 0 Å². The number of unbranched alkanes of at least 4 members (excludes halogenated alkanes) is 2. The molecule has 0 amide bonds. The van der Waals surface area contributed by atoms with Gasteiger partial charge in [0.15, 0.2) is 9.84 Å². The van der Waals surface area contributed by atoms with Gasteiger partial charge in [0.05, 0.1) is 4.90 Å². The standard InChI is InChI=1S/C23H27BrO3S/c1-28(26,27)19-14-12-17(13-15-19)20-10-5-7-18-8-6-11-22(25)23(18)21(20)9-3-2-4-16-24/h6,8,11-15,25H,2-5,7,9-10,16H2,1H3. The Balaban J connectivity index is 2.07. The molecule has 0 unspecified atom stereocenters. The number of fused-ring (bicyclic) bond motifs is 1. The summed E-state index contributed by atoms with van der Waals surface area (Å²) in [5.74, 6) is 0.347. The SMILES string of the molecule is CS(=O)(=O)c1ccc(C2=C(CCCCCBr)c3c(O)cccc3CCC2)cc1.